The van der Waals surface area contributed by atoms with Gasteiger partial charge in [-0.15, -0.1) is 0 Å². The first-order valence-electron chi connectivity index (χ1n) is 10.6. The van der Waals surface area contributed by atoms with E-state index < -0.39 is 0 Å². The Hall–Kier alpha value is -2.81. The van der Waals surface area contributed by atoms with Crippen LogP contribution in [0.1, 0.15) is 61.9 Å². The number of benzene rings is 3. The second-order valence-electron chi connectivity index (χ2n) is 7.56. The summed E-state index contributed by atoms with van der Waals surface area (Å²) in [5.41, 5.74) is 1.73. The molecule has 0 radical (unpaired) electrons. The molecule has 1 unspecified atom stereocenters. The van der Waals surface area contributed by atoms with E-state index >= 15 is 0 Å². The van der Waals surface area contributed by atoms with E-state index in [1.54, 1.807) is 0 Å². The average Bonchev–Trinajstić information content (AvgIpc) is 2.75. The maximum absolute atomic E-state index is 12.5. The quantitative estimate of drug-likeness (QED) is 0.278. The Morgan fingerprint density at radius 1 is 0.897 bits per heavy atom. The van der Waals surface area contributed by atoms with E-state index in [1.807, 2.05) is 73.7 Å². The van der Waals surface area contributed by atoms with Gasteiger partial charge >= 0.3 is 5.97 Å². The molecule has 152 valence electrons. The third kappa shape index (κ3) is 6.35. The van der Waals surface area contributed by atoms with E-state index in [1.165, 1.54) is 19.3 Å². The minimum Gasteiger partial charge on any atom is -0.489 e. The Labute approximate surface area is 173 Å². The second kappa shape index (κ2) is 10.7. The molecule has 0 bridgehead atoms. The average molecular weight is 391 g/mol. The van der Waals surface area contributed by atoms with Gasteiger partial charge in [0.2, 0.25) is 0 Å². The lowest BCUT2D eigenvalue weighted by Crippen LogP contribution is -2.15. The van der Waals surface area contributed by atoms with Gasteiger partial charge in [0, 0.05) is 0 Å². The largest absolute Gasteiger partial charge is 0.489 e. The monoisotopic (exact) mass is 390 g/mol. The highest BCUT2D eigenvalue weighted by Gasteiger charge is 2.12. The molecule has 3 aromatic rings. The summed E-state index contributed by atoms with van der Waals surface area (Å²) in [5, 5.41) is 2.04. The van der Waals surface area contributed by atoms with Gasteiger partial charge < -0.3 is 9.47 Å². The highest BCUT2D eigenvalue weighted by Crippen LogP contribution is 2.23. The zero-order valence-electron chi connectivity index (χ0n) is 17.4. The Morgan fingerprint density at radius 3 is 2.45 bits per heavy atom. The van der Waals surface area contributed by atoms with E-state index in [-0.39, 0.29) is 12.1 Å². The maximum Gasteiger partial charge on any atom is 0.338 e. The van der Waals surface area contributed by atoms with Crippen molar-refractivity contribution in [3.8, 4) is 5.75 Å². The van der Waals surface area contributed by atoms with Crippen molar-refractivity contribution in [2.24, 2.45) is 0 Å². The normalized spacial score (nSPS) is 11.9. The van der Waals surface area contributed by atoms with Crippen molar-refractivity contribution in [1.29, 1.82) is 0 Å². The fourth-order valence-electron chi connectivity index (χ4n) is 3.35. The molecule has 0 aliphatic heterocycles. The van der Waals surface area contributed by atoms with Gasteiger partial charge in [-0.05, 0) is 60.4 Å². The van der Waals surface area contributed by atoms with Gasteiger partial charge in [0.05, 0.1) is 11.7 Å². The Balaban J connectivity index is 1.59. The predicted octanol–water partition coefficient (Wildman–Crippen LogP) is 6.93. The van der Waals surface area contributed by atoms with Crippen LogP contribution < -0.4 is 4.74 Å². The maximum atomic E-state index is 12.5. The van der Waals surface area contributed by atoms with Crippen LogP contribution >= 0.6 is 0 Å². The fourth-order valence-corrected chi connectivity index (χ4v) is 3.35. The molecule has 0 saturated heterocycles. The SMILES string of the molecule is CCCCCCC(C)OC(=O)c1ccc2cc(OCc3ccccc3)ccc2c1. The second-order valence-corrected chi connectivity index (χ2v) is 7.56. The van der Waals surface area contributed by atoms with Crippen molar-refractivity contribution < 1.29 is 14.3 Å². The Bertz CT molecular complexity index is 918. The first kappa shape index (κ1) is 20.9. The van der Waals surface area contributed by atoms with Crippen molar-refractivity contribution in [2.75, 3.05) is 0 Å². The molecule has 0 spiro atoms. The molecule has 0 saturated carbocycles. The Kier molecular flexibility index (Phi) is 7.69. The predicted molar refractivity (Wildman–Crippen MR) is 118 cm³/mol. The molecule has 0 aromatic heterocycles. The molecule has 1 atom stereocenters. The van der Waals surface area contributed by atoms with Crippen LogP contribution in [0.25, 0.3) is 10.8 Å². The standard InChI is InChI=1S/C26H30O3/c1-3-4-5-7-10-20(2)29-26(27)24-14-13-23-18-25(16-15-22(23)17-24)28-19-21-11-8-6-9-12-21/h6,8-9,11-18,20H,3-5,7,10,19H2,1-2H3. The van der Waals surface area contributed by atoms with Gasteiger partial charge in [-0.1, -0.05) is 68.7 Å². The number of rotatable bonds is 10. The smallest absolute Gasteiger partial charge is 0.338 e. The molecule has 0 amide bonds. The van der Waals surface area contributed by atoms with E-state index in [4.69, 9.17) is 9.47 Å². The summed E-state index contributed by atoms with van der Waals surface area (Å²) < 4.78 is 11.5. The first-order chi connectivity index (χ1) is 14.2. The highest BCUT2D eigenvalue weighted by molar-refractivity contribution is 5.95. The number of carbonyl (C=O) groups excluding carboxylic acids is 1. The molecule has 0 aliphatic carbocycles. The van der Waals surface area contributed by atoms with Gasteiger partial charge in [0.15, 0.2) is 0 Å². The van der Waals surface area contributed by atoms with E-state index in [2.05, 4.69) is 6.92 Å². The number of fused-ring (bicyclic) bond motifs is 1. The van der Waals surface area contributed by atoms with Crippen molar-refractivity contribution >= 4 is 16.7 Å². The molecule has 0 fully saturated rings. The van der Waals surface area contributed by atoms with Gasteiger partial charge in [0.1, 0.15) is 12.4 Å². The number of unbranched alkanes of at least 4 members (excludes halogenated alkanes) is 3. The zero-order valence-corrected chi connectivity index (χ0v) is 17.4. The summed E-state index contributed by atoms with van der Waals surface area (Å²) in [5.74, 6) is 0.566. The summed E-state index contributed by atoms with van der Waals surface area (Å²) in [6, 6.07) is 21.7. The lowest BCUT2D eigenvalue weighted by molar-refractivity contribution is 0.0319. The van der Waals surface area contributed by atoms with Crippen molar-refractivity contribution in [2.45, 2.75) is 58.7 Å². The fraction of sp³-hybridized carbons (Fsp3) is 0.346. The minimum absolute atomic E-state index is 0.0520. The summed E-state index contributed by atoms with van der Waals surface area (Å²) in [6.45, 7) is 4.70. The molecule has 0 aliphatic rings. The van der Waals surface area contributed by atoms with E-state index in [9.17, 15) is 4.79 Å². The van der Waals surface area contributed by atoms with E-state index in [0.717, 1.165) is 34.9 Å². The highest BCUT2D eigenvalue weighted by atomic mass is 16.5. The topological polar surface area (TPSA) is 35.5 Å². The van der Waals surface area contributed by atoms with E-state index in [0.29, 0.717) is 12.2 Å². The molecule has 29 heavy (non-hydrogen) atoms. The van der Waals surface area contributed by atoms with Crippen molar-refractivity contribution in [3.63, 3.8) is 0 Å². The van der Waals surface area contributed by atoms with Crippen LogP contribution in [0.15, 0.2) is 66.7 Å². The molecule has 3 nitrogen and oxygen atoms in total. The minimum atomic E-state index is -0.251. The summed E-state index contributed by atoms with van der Waals surface area (Å²) in [7, 11) is 0. The number of carbonyl (C=O) groups is 1. The zero-order chi connectivity index (χ0) is 20.5. The van der Waals surface area contributed by atoms with Crippen LogP contribution in [-0.4, -0.2) is 12.1 Å². The van der Waals surface area contributed by atoms with Crippen LogP contribution in [0.5, 0.6) is 5.75 Å². The summed E-state index contributed by atoms with van der Waals surface area (Å²) in [6.07, 6.45) is 5.62. The van der Waals surface area contributed by atoms with Gasteiger partial charge in [0.25, 0.3) is 0 Å². The molecular weight excluding hydrogens is 360 g/mol. The van der Waals surface area contributed by atoms with Crippen molar-refractivity contribution in [3.05, 3.63) is 77.9 Å². The number of hydrogen-bond donors (Lipinski definition) is 0. The van der Waals surface area contributed by atoms with Crippen LogP contribution in [0, 0.1) is 0 Å². The number of ether oxygens (including phenoxy) is 2. The van der Waals surface area contributed by atoms with Crippen LogP contribution in [-0.2, 0) is 11.3 Å². The molecular formula is C26H30O3. The summed E-state index contributed by atoms with van der Waals surface area (Å²) >= 11 is 0. The molecule has 3 aromatic carbocycles. The number of hydrogen-bond acceptors (Lipinski definition) is 3. The van der Waals surface area contributed by atoms with Crippen LogP contribution in [0.4, 0.5) is 0 Å². The molecule has 0 heterocycles. The lowest BCUT2D eigenvalue weighted by Gasteiger charge is -2.13. The van der Waals surface area contributed by atoms with Gasteiger partial charge in [-0.25, -0.2) is 4.79 Å². The first-order valence-corrected chi connectivity index (χ1v) is 10.6. The molecule has 3 rings (SSSR count). The van der Waals surface area contributed by atoms with Gasteiger partial charge in [-0.2, -0.15) is 0 Å². The Morgan fingerprint density at radius 2 is 1.66 bits per heavy atom. The van der Waals surface area contributed by atoms with Gasteiger partial charge in [-0.3, -0.25) is 0 Å². The molecule has 0 N–H and O–H groups in total. The molecule has 3 heteroatoms. The van der Waals surface area contributed by atoms with Crippen molar-refractivity contribution in [1.82, 2.24) is 0 Å². The number of esters is 1. The van der Waals surface area contributed by atoms with Crippen LogP contribution in [0.3, 0.4) is 0 Å². The third-order valence-corrected chi connectivity index (χ3v) is 5.07. The summed E-state index contributed by atoms with van der Waals surface area (Å²) in [4.78, 5) is 12.5. The lowest BCUT2D eigenvalue weighted by atomic mass is 10.1. The van der Waals surface area contributed by atoms with Crippen LogP contribution in [0.2, 0.25) is 0 Å². The third-order valence-electron chi connectivity index (χ3n) is 5.07.